The van der Waals surface area contributed by atoms with Crippen molar-refractivity contribution in [3.05, 3.63) is 53.1 Å². The molecule has 17 heavy (non-hydrogen) atoms. The zero-order valence-electron chi connectivity index (χ0n) is 11.1. The molecule has 0 radical (unpaired) electrons. The van der Waals surface area contributed by atoms with Gasteiger partial charge in [0.05, 0.1) is 0 Å². The summed E-state index contributed by atoms with van der Waals surface area (Å²) >= 11 is 0. The summed E-state index contributed by atoms with van der Waals surface area (Å²) in [5.41, 5.74) is 4.04. The van der Waals surface area contributed by atoms with E-state index in [1.165, 1.54) is 16.7 Å². The van der Waals surface area contributed by atoms with E-state index in [0.29, 0.717) is 5.92 Å². The van der Waals surface area contributed by atoms with Crippen molar-refractivity contribution in [1.82, 2.24) is 9.55 Å². The van der Waals surface area contributed by atoms with Gasteiger partial charge in [0.25, 0.3) is 0 Å². The molecular formula is C15H20N2. The minimum Gasteiger partial charge on any atom is -0.330 e. The summed E-state index contributed by atoms with van der Waals surface area (Å²) in [7, 11) is 0. The molecule has 1 aromatic carbocycles. The molecule has 0 spiro atoms. The fraction of sp³-hybridized carbons (Fsp3) is 0.400. The summed E-state index contributed by atoms with van der Waals surface area (Å²) in [4.78, 5) is 4.43. The van der Waals surface area contributed by atoms with Gasteiger partial charge in [-0.2, -0.15) is 0 Å². The maximum absolute atomic E-state index is 4.43. The molecule has 2 rings (SSSR count). The van der Waals surface area contributed by atoms with Gasteiger partial charge in [-0.3, -0.25) is 0 Å². The second-order valence-electron chi connectivity index (χ2n) is 5.00. The Hall–Kier alpha value is -1.57. The Bertz CT molecular complexity index is 509. The number of rotatable bonds is 3. The standard InChI is InChI=1S/C15H20N2/c1-11(2)15-16-7-8-17(15)10-14-9-12(3)5-6-13(14)4/h5-9,11H,10H2,1-4H3. The molecule has 0 atom stereocenters. The quantitative estimate of drug-likeness (QED) is 0.783. The Morgan fingerprint density at radius 2 is 2.00 bits per heavy atom. The van der Waals surface area contributed by atoms with Crippen molar-refractivity contribution in [3.63, 3.8) is 0 Å². The molecule has 0 N–H and O–H groups in total. The lowest BCUT2D eigenvalue weighted by atomic mass is 10.1. The summed E-state index contributed by atoms with van der Waals surface area (Å²) in [6, 6.07) is 6.62. The van der Waals surface area contributed by atoms with Gasteiger partial charge in [-0.05, 0) is 25.0 Å². The highest BCUT2D eigenvalue weighted by molar-refractivity contribution is 5.30. The van der Waals surface area contributed by atoms with Gasteiger partial charge in [-0.15, -0.1) is 0 Å². The summed E-state index contributed by atoms with van der Waals surface area (Å²) < 4.78 is 2.24. The van der Waals surface area contributed by atoms with E-state index in [-0.39, 0.29) is 0 Å². The molecule has 2 aromatic rings. The SMILES string of the molecule is Cc1ccc(C)c(Cn2ccnc2C(C)C)c1. The Kier molecular flexibility index (Phi) is 3.32. The van der Waals surface area contributed by atoms with Crippen molar-refractivity contribution in [2.45, 2.75) is 40.2 Å². The van der Waals surface area contributed by atoms with E-state index in [4.69, 9.17) is 0 Å². The molecule has 0 aliphatic heterocycles. The molecule has 0 fully saturated rings. The van der Waals surface area contributed by atoms with Crippen LogP contribution in [0.15, 0.2) is 30.6 Å². The van der Waals surface area contributed by atoms with Crippen LogP contribution >= 0.6 is 0 Å². The van der Waals surface area contributed by atoms with Gasteiger partial charge < -0.3 is 4.57 Å². The third-order valence-corrected chi connectivity index (χ3v) is 3.11. The number of hydrogen-bond donors (Lipinski definition) is 0. The predicted molar refractivity (Wildman–Crippen MR) is 71.3 cm³/mol. The summed E-state index contributed by atoms with van der Waals surface area (Å²) in [5, 5.41) is 0. The van der Waals surface area contributed by atoms with Crippen LogP contribution in [-0.2, 0) is 6.54 Å². The summed E-state index contributed by atoms with van der Waals surface area (Å²) in [5.74, 6) is 1.63. The zero-order valence-corrected chi connectivity index (χ0v) is 11.1. The average molecular weight is 228 g/mol. The second kappa shape index (κ2) is 4.74. The lowest BCUT2D eigenvalue weighted by Gasteiger charge is -2.12. The molecular weight excluding hydrogens is 208 g/mol. The largest absolute Gasteiger partial charge is 0.330 e. The van der Waals surface area contributed by atoms with Crippen LogP contribution < -0.4 is 0 Å². The highest BCUT2D eigenvalue weighted by atomic mass is 15.1. The van der Waals surface area contributed by atoms with Gasteiger partial charge in [-0.1, -0.05) is 37.6 Å². The third-order valence-electron chi connectivity index (χ3n) is 3.11. The molecule has 1 aromatic heterocycles. The van der Waals surface area contributed by atoms with E-state index in [2.05, 4.69) is 61.6 Å². The molecule has 2 heteroatoms. The number of benzene rings is 1. The Morgan fingerprint density at radius 1 is 1.24 bits per heavy atom. The number of imidazole rings is 1. The minimum absolute atomic E-state index is 0.468. The van der Waals surface area contributed by atoms with Gasteiger partial charge in [0, 0.05) is 24.9 Å². The van der Waals surface area contributed by atoms with Crippen LogP contribution in [0.3, 0.4) is 0 Å². The van der Waals surface area contributed by atoms with E-state index in [1.807, 2.05) is 6.20 Å². The first-order chi connectivity index (χ1) is 8.08. The van der Waals surface area contributed by atoms with E-state index in [0.717, 1.165) is 12.4 Å². The first-order valence-corrected chi connectivity index (χ1v) is 6.15. The van der Waals surface area contributed by atoms with Crippen molar-refractivity contribution >= 4 is 0 Å². The van der Waals surface area contributed by atoms with Crippen molar-refractivity contribution in [2.75, 3.05) is 0 Å². The lowest BCUT2D eigenvalue weighted by Crippen LogP contribution is -2.07. The minimum atomic E-state index is 0.468. The molecule has 0 aliphatic rings. The fourth-order valence-corrected chi connectivity index (χ4v) is 2.11. The molecule has 0 aliphatic carbocycles. The maximum atomic E-state index is 4.43. The molecule has 0 unspecified atom stereocenters. The third kappa shape index (κ3) is 2.57. The molecule has 0 bridgehead atoms. The van der Waals surface area contributed by atoms with Gasteiger partial charge in [0.1, 0.15) is 5.82 Å². The summed E-state index contributed by atoms with van der Waals surface area (Å²) in [6.07, 6.45) is 3.96. The first-order valence-electron chi connectivity index (χ1n) is 6.15. The maximum Gasteiger partial charge on any atom is 0.111 e. The van der Waals surface area contributed by atoms with Crippen molar-refractivity contribution in [1.29, 1.82) is 0 Å². The monoisotopic (exact) mass is 228 g/mol. The predicted octanol–water partition coefficient (Wildman–Crippen LogP) is 3.67. The molecule has 0 saturated heterocycles. The topological polar surface area (TPSA) is 17.8 Å². The van der Waals surface area contributed by atoms with Crippen LogP contribution in [0.4, 0.5) is 0 Å². The Morgan fingerprint density at radius 3 is 2.71 bits per heavy atom. The molecule has 0 amide bonds. The molecule has 2 nitrogen and oxygen atoms in total. The van der Waals surface area contributed by atoms with Crippen LogP contribution in [0.2, 0.25) is 0 Å². The number of nitrogens with zero attached hydrogens (tertiary/aromatic N) is 2. The van der Waals surface area contributed by atoms with E-state index in [1.54, 1.807) is 0 Å². The Balaban J connectivity index is 2.31. The van der Waals surface area contributed by atoms with Crippen molar-refractivity contribution < 1.29 is 0 Å². The first kappa shape index (κ1) is 11.9. The van der Waals surface area contributed by atoms with Crippen molar-refractivity contribution in [3.8, 4) is 0 Å². The van der Waals surface area contributed by atoms with Gasteiger partial charge >= 0.3 is 0 Å². The smallest absolute Gasteiger partial charge is 0.111 e. The van der Waals surface area contributed by atoms with Gasteiger partial charge in [0.15, 0.2) is 0 Å². The molecule has 90 valence electrons. The van der Waals surface area contributed by atoms with Gasteiger partial charge in [-0.25, -0.2) is 4.98 Å². The lowest BCUT2D eigenvalue weighted by molar-refractivity contribution is 0.668. The van der Waals surface area contributed by atoms with E-state index >= 15 is 0 Å². The molecule has 1 heterocycles. The average Bonchev–Trinajstić information content (AvgIpc) is 2.71. The zero-order chi connectivity index (χ0) is 12.4. The van der Waals surface area contributed by atoms with Crippen molar-refractivity contribution in [2.24, 2.45) is 0 Å². The normalized spacial score (nSPS) is 11.1. The van der Waals surface area contributed by atoms with Crippen LogP contribution in [0.5, 0.6) is 0 Å². The second-order valence-corrected chi connectivity index (χ2v) is 5.00. The van der Waals surface area contributed by atoms with E-state index in [9.17, 15) is 0 Å². The fourth-order valence-electron chi connectivity index (χ4n) is 2.11. The molecule has 0 saturated carbocycles. The number of hydrogen-bond acceptors (Lipinski definition) is 1. The van der Waals surface area contributed by atoms with Crippen LogP contribution in [0.25, 0.3) is 0 Å². The van der Waals surface area contributed by atoms with Gasteiger partial charge in [0.2, 0.25) is 0 Å². The number of aryl methyl sites for hydroxylation is 2. The summed E-state index contributed by atoms with van der Waals surface area (Å²) in [6.45, 7) is 9.59. The highest BCUT2D eigenvalue weighted by Crippen LogP contribution is 2.16. The van der Waals surface area contributed by atoms with Crippen LogP contribution in [0.1, 0.15) is 42.3 Å². The Labute approximate surface area is 103 Å². The van der Waals surface area contributed by atoms with Crippen LogP contribution in [0, 0.1) is 13.8 Å². The van der Waals surface area contributed by atoms with Crippen LogP contribution in [-0.4, -0.2) is 9.55 Å². The number of aromatic nitrogens is 2. The van der Waals surface area contributed by atoms with E-state index < -0.39 is 0 Å². The highest BCUT2D eigenvalue weighted by Gasteiger charge is 2.08.